The molecule has 0 spiro atoms. The van der Waals surface area contributed by atoms with E-state index in [1.165, 1.54) is 11.2 Å². The van der Waals surface area contributed by atoms with E-state index in [9.17, 15) is 13.2 Å². The van der Waals surface area contributed by atoms with Crippen LogP contribution in [0.5, 0.6) is 0 Å². The summed E-state index contributed by atoms with van der Waals surface area (Å²) >= 11 is 0. The number of Topliss-reactive ketones (excluding diaryl/α,β-unsaturated/α-hetero) is 1. The second-order valence-corrected chi connectivity index (χ2v) is 6.44. The predicted molar refractivity (Wildman–Crippen MR) is 65.3 cm³/mol. The maximum absolute atomic E-state index is 12.1. The van der Waals surface area contributed by atoms with Crippen molar-refractivity contribution >= 4 is 15.8 Å². The highest BCUT2D eigenvalue weighted by molar-refractivity contribution is 7.89. The summed E-state index contributed by atoms with van der Waals surface area (Å²) in [7, 11) is -1.77. The molecule has 0 aliphatic carbocycles. The third kappa shape index (κ3) is 4.04. The van der Waals surface area contributed by atoms with Crippen molar-refractivity contribution in [3.63, 3.8) is 0 Å². The van der Waals surface area contributed by atoms with Crippen LogP contribution < -0.4 is 0 Å². The summed E-state index contributed by atoms with van der Waals surface area (Å²) in [6.07, 6.45) is 2.89. The molecule has 1 aliphatic rings. The number of ether oxygens (including phenoxy) is 1. The minimum atomic E-state index is -3.32. The van der Waals surface area contributed by atoms with Crippen molar-refractivity contribution in [2.45, 2.75) is 38.6 Å². The first-order valence-electron chi connectivity index (χ1n) is 5.98. The van der Waals surface area contributed by atoms with E-state index < -0.39 is 16.1 Å². The second kappa shape index (κ2) is 6.47. The van der Waals surface area contributed by atoms with E-state index in [0.717, 1.165) is 12.8 Å². The highest BCUT2D eigenvalue weighted by atomic mass is 32.2. The minimum Gasteiger partial charge on any atom is -0.385 e. The fourth-order valence-electron chi connectivity index (χ4n) is 2.15. The Morgan fingerprint density at radius 1 is 1.41 bits per heavy atom. The second-order valence-electron chi connectivity index (χ2n) is 4.40. The van der Waals surface area contributed by atoms with Gasteiger partial charge in [-0.05, 0) is 26.2 Å². The first-order chi connectivity index (χ1) is 7.99. The summed E-state index contributed by atoms with van der Waals surface area (Å²) in [5.41, 5.74) is 0. The lowest BCUT2D eigenvalue weighted by molar-refractivity contribution is -0.121. The number of methoxy groups -OCH3 is 1. The summed E-state index contributed by atoms with van der Waals surface area (Å²) < 4.78 is 30.4. The molecule has 17 heavy (non-hydrogen) atoms. The zero-order chi connectivity index (χ0) is 12.9. The van der Waals surface area contributed by atoms with Crippen molar-refractivity contribution in [1.82, 2.24) is 4.31 Å². The average molecular weight is 263 g/mol. The molecule has 0 aromatic carbocycles. The van der Waals surface area contributed by atoms with Gasteiger partial charge in [0.1, 0.15) is 5.78 Å². The average Bonchev–Trinajstić information content (AvgIpc) is 2.29. The molecule has 0 bridgehead atoms. The van der Waals surface area contributed by atoms with Crippen LogP contribution in [0.1, 0.15) is 32.6 Å². The molecule has 1 atom stereocenters. The van der Waals surface area contributed by atoms with Crippen LogP contribution in [0.25, 0.3) is 0 Å². The minimum absolute atomic E-state index is 0.0555. The summed E-state index contributed by atoms with van der Waals surface area (Å²) in [5.74, 6) is 0.00460. The third-order valence-electron chi connectivity index (χ3n) is 3.03. The van der Waals surface area contributed by atoms with Gasteiger partial charge >= 0.3 is 0 Å². The Morgan fingerprint density at radius 3 is 2.71 bits per heavy atom. The molecule has 0 N–H and O–H groups in total. The number of hydrogen-bond acceptors (Lipinski definition) is 4. The number of sulfonamides is 1. The van der Waals surface area contributed by atoms with Gasteiger partial charge in [0.2, 0.25) is 10.0 Å². The fourth-order valence-corrected chi connectivity index (χ4v) is 3.91. The summed E-state index contributed by atoms with van der Waals surface area (Å²) in [4.78, 5) is 11.5. The van der Waals surface area contributed by atoms with Gasteiger partial charge in [-0.2, -0.15) is 4.31 Å². The molecule has 0 aromatic heterocycles. The molecule has 1 aliphatic heterocycles. The van der Waals surface area contributed by atoms with Crippen LogP contribution in [0, 0.1) is 0 Å². The van der Waals surface area contributed by atoms with E-state index in [1.807, 2.05) is 0 Å². The quantitative estimate of drug-likeness (QED) is 0.665. The number of ketones is 1. The van der Waals surface area contributed by atoms with Crippen molar-refractivity contribution < 1.29 is 17.9 Å². The van der Waals surface area contributed by atoms with Crippen LogP contribution in [0.2, 0.25) is 0 Å². The molecule has 5 nitrogen and oxygen atoms in total. The normalized spacial score (nSPS) is 22.6. The molecule has 1 rings (SSSR count). The molecule has 0 amide bonds. The van der Waals surface area contributed by atoms with Crippen molar-refractivity contribution in [3.05, 3.63) is 0 Å². The van der Waals surface area contributed by atoms with Crippen molar-refractivity contribution in [2.24, 2.45) is 0 Å². The topological polar surface area (TPSA) is 63.7 Å². The summed E-state index contributed by atoms with van der Waals surface area (Å²) in [6.45, 7) is 2.37. The molecule has 0 radical (unpaired) electrons. The lowest BCUT2D eigenvalue weighted by atomic mass is 10.0. The summed E-state index contributed by atoms with van der Waals surface area (Å²) in [6, 6.07) is -0.448. The lowest BCUT2D eigenvalue weighted by Gasteiger charge is -2.33. The monoisotopic (exact) mass is 263 g/mol. The van der Waals surface area contributed by atoms with Crippen LogP contribution in [0.4, 0.5) is 0 Å². The molecule has 1 heterocycles. The molecule has 1 unspecified atom stereocenters. The van der Waals surface area contributed by atoms with E-state index >= 15 is 0 Å². The number of nitrogens with zero attached hydrogens (tertiary/aromatic N) is 1. The van der Waals surface area contributed by atoms with Gasteiger partial charge in [0.15, 0.2) is 0 Å². The van der Waals surface area contributed by atoms with E-state index in [0.29, 0.717) is 26.0 Å². The van der Waals surface area contributed by atoms with Crippen LogP contribution >= 0.6 is 0 Å². The van der Waals surface area contributed by atoms with Gasteiger partial charge in [0.25, 0.3) is 0 Å². The molecule has 1 fully saturated rings. The van der Waals surface area contributed by atoms with E-state index in [2.05, 4.69) is 0 Å². The van der Waals surface area contributed by atoms with Gasteiger partial charge in [-0.25, -0.2) is 8.42 Å². The van der Waals surface area contributed by atoms with Crippen LogP contribution in [-0.4, -0.2) is 50.6 Å². The van der Waals surface area contributed by atoms with Gasteiger partial charge in [-0.15, -0.1) is 0 Å². The van der Waals surface area contributed by atoms with Gasteiger partial charge in [0, 0.05) is 20.3 Å². The van der Waals surface area contributed by atoms with E-state index in [-0.39, 0.29) is 11.5 Å². The number of carbonyl (C=O) groups is 1. The molecular weight excluding hydrogens is 242 g/mol. The first-order valence-corrected chi connectivity index (χ1v) is 7.59. The number of carbonyl (C=O) groups excluding carboxylic acids is 1. The molecule has 0 saturated carbocycles. The third-order valence-corrected chi connectivity index (χ3v) is 4.99. The predicted octanol–water partition coefficient (Wildman–Crippen LogP) is 0.796. The molecular formula is C11H21NO4S. The van der Waals surface area contributed by atoms with Gasteiger partial charge in [-0.3, -0.25) is 4.79 Å². The Labute approximate surface area is 103 Å². The Bertz CT molecular complexity index is 352. The Balaban J connectivity index is 2.69. The van der Waals surface area contributed by atoms with Crippen molar-refractivity contribution in [3.8, 4) is 0 Å². The Hall–Kier alpha value is -0.460. The van der Waals surface area contributed by atoms with E-state index in [1.54, 1.807) is 7.11 Å². The zero-order valence-corrected chi connectivity index (χ0v) is 11.3. The lowest BCUT2D eigenvalue weighted by Crippen LogP contribution is -2.48. The number of piperidine rings is 1. The highest BCUT2D eigenvalue weighted by Crippen LogP contribution is 2.21. The fraction of sp³-hybridized carbons (Fsp3) is 0.909. The maximum atomic E-state index is 12.1. The Morgan fingerprint density at radius 2 is 2.12 bits per heavy atom. The van der Waals surface area contributed by atoms with Gasteiger partial charge < -0.3 is 4.74 Å². The molecule has 1 saturated heterocycles. The van der Waals surface area contributed by atoms with Gasteiger partial charge in [0.05, 0.1) is 11.8 Å². The van der Waals surface area contributed by atoms with Crippen molar-refractivity contribution in [2.75, 3.05) is 26.0 Å². The first kappa shape index (κ1) is 14.6. The SMILES string of the molecule is COCCCS(=O)(=O)N1CCCCC1C(C)=O. The molecule has 100 valence electrons. The van der Waals surface area contributed by atoms with Crippen LogP contribution in [0.15, 0.2) is 0 Å². The standard InChI is InChI=1S/C11H21NO4S/c1-10(13)11-6-3-4-7-12(11)17(14,15)9-5-8-16-2/h11H,3-9H2,1-2H3. The van der Waals surface area contributed by atoms with E-state index in [4.69, 9.17) is 4.74 Å². The summed E-state index contributed by atoms with van der Waals surface area (Å²) in [5, 5.41) is 0. The number of hydrogen-bond donors (Lipinski definition) is 0. The number of rotatable bonds is 6. The highest BCUT2D eigenvalue weighted by Gasteiger charge is 2.34. The zero-order valence-electron chi connectivity index (χ0n) is 10.5. The van der Waals surface area contributed by atoms with Crippen molar-refractivity contribution in [1.29, 1.82) is 0 Å². The largest absolute Gasteiger partial charge is 0.385 e. The molecule has 6 heteroatoms. The molecule has 0 aromatic rings. The maximum Gasteiger partial charge on any atom is 0.214 e. The van der Waals surface area contributed by atoms with Crippen LogP contribution in [0.3, 0.4) is 0 Å². The van der Waals surface area contributed by atoms with Crippen LogP contribution in [-0.2, 0) is 19.6 Å². The smallest absolute Gasteiger partial charge is 0.214 e. The Kier molecular flexibility index (Phi) is 5.55. The van der Waals surface area contributed by atoms with Gasteiger partial charge in [-0.1, -0.05) is 6.42 Å².